The first kappa shape index (κ1) is 15.6. The summed E-state index contributed by atoms with van der Waals surface area (Å²) in [6.45, 7) is 3.84. The third kappa shape index (κ3) is 3.85. The number of carbonyl (C=O) groups is 2. The van der Waals surface area contributed by atoms with Gasteiger partial charge in [-0.2, -0.15) is 0 Å². The van der Waals surface area contributed by atoms with Gasteiger partial charge in [0.15, 0.2) is 0 Å². The molecule has 0 unspecified atom stereocenters. The van der Waals surface area contributed by atoms with Gasteiger partial charge in [0, 0.05) is 15.4 Å². The largest absolute Gasteiger partial charge is 0.480 e. The number of hydrogen-bond donors (Lipinski definition) is 3. The van der Waals surface area contributed by atoms with Crippen LogP contribution in [0.4, 0.5) is 0 Å². The van der Waals surface area contributed by atoms with E-state index in [-0.39, 0.29) is 5.92 Å². The lowest BCUT2D eigenvalue weighted by Gasteiger charge is -2.15. The summed E-state index contributed by atoms with van der Waals surface area (Å²) in [5, 5.41) is 12.6. The van der Waals surface area contributed by atoms with E-state index in [1.165, 1.54) is 0 Å². The van der Waals surface area contributed by atoms with Crippen LogP contribution >= 0.6 is 15.9 Å². The van der Waals surface area contributed by atoms with Crippen LogP contribution in [0.5, 0.6) is 0 Å². The van der Waals surface area contributed by atoms with Crippen molar-refractivity contribution in [2.45, 2.75) is 26.3 Å². The van der Waals surface area contributed by atoms with Gasteiger partial charge in [0.25, 0.3) is 5.91 Å². The molecule has 1 aromatic heterocycles. The van der Waals surface area contributed by atoms with E-state index in [4.69, 9.17) is 5.11 Å². The number of benzene rings is 1. The number of amides is 1. The lowest BCUT2D eigenvalue weighted by atomic mass is 10.0. The summed E-state index contributed by atoms with van der Waals surface area (Å²) in [6.07, 6.45) is 0.396. The van der Waals surface area contributed by atoms with Crippen molar-refractivity contribution in [1.82, 2.24) is 10.3 Å². The summed E-state index contributed by atoms with van der Waals surface area (Å²) >= 11 is 3.37. The third-order valence-electron chi connectivity index (χ3n) is 3.14. The Kier molecular flexibility index (Phi) is 4.67. The molecule has 5 nitrogen and oxygen atoms in total. The van der Waals surface area contributed by atoms with Gasteiger partial charge in [0.1, 0.15) is 11.7 Å². The van der Waals surface area contributed by atoms with Gasteiger partial charge in [-0.25, -0.2) is 4.79 Å². The summed E-state index contributed by atoms with van der Waals surface area (Å²) in [7, 11) is 0. The van der Waals surface area contributed by atoms with E-state index in [1.54, 1.807) is 6.07 Å². The average Bonchev–Trinajstić information content (AvgIpc) is 2.80. The Morgan fingerprint density at radius 1 is 1.33 bits per heavy atom. The molecule has 2 aromatic rings. The zero-order chi connectivity index (χ0) is 15.6. The molecule has 0 aliphatic rings. The lowest BCUT2D eigenvalue weighted by Crippen LogP contribution is -2.41. The second-order valence-electron chi connectivity index (χ2n) is 5.41. The molecule has 0 spiro atoms. The molecule has 21 heavy (non-hydrogen) atoms. The van der Waals surface area contributed by atoms with E-state index in [0.717, 1.165) is 15.4 Å². The molecular weight excluding hydrogens is 336 g/mol. The summed E-state index contributed by atoms with van der Waals surface area (Å²) in [4.78, 5) is 26.4. The number of aromatic nitrogens is 1. The molecule has 6 heteroatoms. The van der Waals surface area contributed by atoms with Crippen LogP contribution in [0.2, 0.25) is 0 Å². The predicted molar refractivity (Wildman–Crippen MR) is 84.3 cm³/mol. The van der Waals surface area contributed by atoms with Crippen molar-refractivity contribution < 1.29 is 14.7 Å². The number of carbonyl (C=O) groups excluding carboxylic acids is 1. The zero-order valence-electron chi connectivity index (χ0n) is 11.8. The van der Waals surface area contributed by atoms with Gasteiger partial charge in [-0.15, -0.1) is 0 Å². The smallest absolute Gasteiger partial charge is 0.326 e. The summed E-state index contributed by atoms with van der Waals surface area (Å²) in [6, 6.07) is 6.47. The number of aliphatic carboxylic acids is 1. The van der Waals surface area contributed by atoms with Crippen LogP contribution in [-0.2, 0) is 4.79 Å². The highest BCUT2D eigenvalue weighted by Gasteiger charge is 2.22. The summed E-state index contributed by atoms with van der Waals surface area (Å²) in [5.41, 5.74) is 1.18. The fourth-order valence-corrected chi connectivity index (χ4v) is 2.51. The van der Waals surface area contributed by atoms with Crippen molar-refractivity contribution in [3.8, 4) is 0 Å². The van der Waals surface area contributed by atoms with Gasteiger partial charge in [-0.3, -0.25) is 4.79 Å². The highest BCUT2D eigenvalue weighted by atomic mass is 79.9. The molecule has 0 bridgehead atoms. The Hall–Kier alpha value is -1.82. The Morgan fingerprint density at radius 2 is 2.05 bits per heavy atom. The first-order chi connectivity index (χ1) is 9.86. The van der Waals surface area contributed by atoms with Crippen molar-refractivity contribution in [2.75, 3.05) is 0 Å². The fraction of sp³-hybridized carbons (Fsp3) is 0.333. The Labute approximate surface area is 130 Å². The number of halogens is 1. The maximum Gasteiger partial charge on any atom is 0.326 e. The molecule has 3 N–H and O–H groups in total. The Bertz CT molecular complexity index is 679. The third-order valence-corrected chi connectivity index (χ3v) is 3.63. The van der Waals surface area contributed by atoms with Crippen LogP contribution in [-0.4, -0.2) is 28.0 Å². The molecule has 1 amide bonds. The minimum Gasteiger partial charge on any atom is -0.480 e. The topological polar surface area (TPSA) is 82.2 Å². The van der Waals surface area contributed by atoms with Gasteiger partial charge in [0.2, 0.25) is 0 Å². The monoisotopic (exact) mass is 352 g/mol. The highest BCUT2D eigenvalue weighted by Crippen LogP contribution is 2.20. The second-order valence-corrected chi connectivity index (χ2v) is 6.32. The Morgan fingerprint density at radius 3 is 2.67 bits per heavy atom. The van der Waals surface area contributed by atoms with Gasteiger partial charge < -0.3 is 15.4 Å². The van der Waals surface area contributed by atoms with E-state index in [9.17, 15) is 9.59 Å². The maximum atomic E-state index is 12.2. The van der Waals surface area contributed by atoms with Crippen molar-refractivity contribution in [1.29, 1.82) is 0 Å². The van der Waals surface area contributed by atoms with E-state index in [2.05, 4.69) is 26.2 Å². The van der Waals surface area contributed by atoms with Gasteiger partial charge in [0.05, 0.1) is 0 Å². The Balaban J connectivity index is 2.19. The molecule has 0 saturated carbocycles. The molecule has 1 aromatic carbocycles. The first-order valence-corrected chi connectivity index (χ1v) is 7.48. The van der Waals surface area contributed by atoms with Crippen LogP contribution < -0.4 is 5.32 Å². The molecule has 2 rings (SSSR count). The van der Waals surface area contributed by atoms with Gasteiger partial charge >= 0.3 is 5.97 Å². The van der Waals surface area contributed by atoms with Crippen molar-refractivity contribution in [2.24, 2.45) is 5.92 Å². The average molecular weight is 353 g/mol. The number of rotatable bonds is 5. The van der Waals surface area contributed by atoms with E-state index in [0.29, 0.717) is 12.1 Å². The molecule has 0 aliphatic heterocycles. The molecular formula is C15H17BrN2O3. The fourth-order valence-electron chi connectivity index (χ4n) is 2.15. The van der Waals surface area contributed by atoms with Crippen LogP contribution in [0.25, 0.3) is 10.9 Å². The standard InChI is InChI=1S/C15H17BrN2O3/c1-8(2)5-13(15(20)21)18-14(19)12-6-9-3-4-10(16)7-11(9)17-12/h3-4,6-8,13,17H,5H2,1-2H3,(H,18,19)(H,20,21)/t13-/m0/s1. The molecule has 0 fully saturated rings. The number of hydrogen-bond acceptors (Lipinski definition) is 2. The minimum atomic E-state index is -1.02. The maximum absolute atomic E-state index is 12.2. The summed E-state index contributed by atoms with van der Waals surface area (Å²) in [5.74, 6) is -1.24. The lowest BCUT2D eigenvalue weighted by molar-refractivity contribution is -0.139. The second kappa shape index (κ2) is 6.30. The van der Waals surface area contributed by atoms with Crippen LogP contribution in [0.15, 0.2) is 28.7 Å². The first-order valence-electron chi connectivity index (χ1n) is 6.68. The van der Waals surface area contributed by atoms with Crippen molar-refractivity contribution >= 4 is 38.7 Å². The number of nitrogens with one attached hydrogen (secondary N) is 2. The van der Waals surface area contributed by atoms with Crippen molar-refractivity contribution in [3.05, 3.63) is 34.4 Å². The van der Waals surface area contributed by atoms with Gasteiger partial charge in [-0.05, 0) is 30.5 Å². The normalized spacial score (nSPS) is 12.6. The molecule has 0 radical (unpaired) electrons. The van der Waals surface area contributed by atoms with E-state index in [1.807, 2.05) is 32.0 Å². The van der Waals surface area contributed by atoms with E-state index < -0.39 is 17.9 Å². The quantitative estimate of drug-likeness (QED) is 0.772. The molecule has 1 atom stereocenters. The number of carboxylic acid groups (broad SMARTS) is 1. The number of fused-ring (bicyclic) bond motifs is 1. The molecule has 0 aliphatic carbocycles. The van der Waals surface area contributed by atoms with Crippen LogP contribution in [0, 0.1) is 5.92 Å². The van der Waals surface area contributed by atoms with Gasteiger partial charge in [-0.1, -0.05) is 35.8 Å². The highest BCUT2D eigenvalue weighted by molar-refractivity contribution is 9.10. The molecule has 0 saturated heterocycles. The SMILES string of the molecule is CC(C)C[C@H](NC(=O)c1cc2ccc(Br)cc2[nH]1)C(=O)O. The number of H-pyrrole nitrogens is 1. The minimum absolute atomic E-state index is 0.185. The molecule has 1 heterocycles. The summed E-state index contributed by atoms with van der Waals surface area (Å²) < 4.78 is 0.909. The zero-order valence-corrected chi connectivity index (χ0v) is 13.4. The van der Waals surface area contributed by atoms with Crippen LogP contribution in [0.1, 0.15) is 30.8 Å². The van der Waals surface area contributed by atoms with Crippen LogP contribution in [0.3, 0.4) is 0 Å². The molecule has 112 valence electrons. The number of aromatic amines is 1. The van der Waals surface area contributed by atoms with E-state index >= 15 is 0 Å². The van der Waals surface area contributed by atoms with Crippen molar-refractivity contribution in [3.63, 3.8) is 0 Å². The predicted octanol–water partition coefficient (Wildman–Crippen LogP) is 3.16. The number of carboxylic acids is 1.